The van der Waals surface area contributed by atoms with Gasteiger partial charge in [-0.25, -0.2) is 0 Å². The molecule has 0 unspecified atom stereocenters. The topological polar surface area (TPSA) is 65.0 Å². The van der Waals surface area contributed by atoms with E-state index in [9.17, 15) is 9.90 Å². The van der Waals surface area contributed by atoms with Crippen LogP contribution in [-0.4, -0.2) is 42.1 Å². The molecule has 2 rings (SSSR count). The van der Waals surface area contributed by atoms with Crippen LogP contribution >= 0.6 is 0 Å². The SMILES string of the molecule is C=CC[C@@H]1O[C@H](COC(C)=O)[C@H](OCc2ccccc2)[C@H]1O. The molecule has 5 nitrogen and oxygen atoms in total. The van der Waals surface area contributed by atoms with Crippen molar-refractivity contribution in [3.63, 3.8) is 0 Å². The zero-order valence-corrected chi connectivity index (χ0v) is 12.7. The molecule has 1 aromatic rings. The molecule has 0 saturated carbocycles. The van der Waals surface area contributed by atoms with Crippen LogP contribution in [0.3, 0.4) is 0 Å². The van der Waals surface area contributed by atoms with Crippen molar-refractivity contribution in [3.8, 4) is 0 Å². The highest BCUT2D eigenvalue weighted by atomic mass is 16.6. The van der Waals surface area contributed by atoms with Crippen LogP contribution in [0.15, 0.2) is 43.0 Å². The van der Waals surface area contributed by atoms with Gasteiger partial charge in [0.1, 0.15) is 24.9 Å². The van der Waals surface area contributed by atoms with Crippen LogP contribution in [0.1, 0.15) is 18.9 Å². The third kappa shape index (κ3) is 4.40. The van der Waals surface area contributed by atoms with E-state index in [2.05, 4.69) is 6.58 Å². The van der Waals surface area contributed by atoms with E-state index in [0.717, 1.165) is 5.56 Å². The van der Waals surface area contributed by atoms with Crippen molar-refractivity contribution in [1.29, 1.82) is 0 Å². The van der Waals surface area contributed by atoms with E-state index in [1.807, 2.05) is 30.3 Å². The standard InChI is InChI=1S/C17H22O5/c1-3-7-14-16(19)17(15(22-14)11-20-12(2)18)21-10-13-8-5-4-6-9-13/h3-6,8-9,14-17,19H,1,7,10-11H2,2H3/t14-,15+,16-,17-/m0/s1. The van der Waals surface area contributed by atoms with Crippen molar-refractivity contribution >= 4 is 5.97 Å². The van der Waals surface area contributed by atoms with E-state index < -0.39 is 18.3 Å². The summed E-state index contributed by atoms with van der Waals surface area (Å²) in [7, 11) is 0. The van der Waals surface area contributed by atoms with Gasteiger partial charge in [-0.2, -0.15) is 0 Å². The van der Waals surface area contributed by atoms with E-state index in [-0.39, 0.29) is 18.7 Å². The maximum atomic E-state index is 11.0. The smallest absolute Gasteiger partial charge is 0.302 e. The summed E-state index contributed by atoms with van der Waals surface area (Å²) >= 11 is 0. The molecule has 1 N–H and O–H groups in total. The lowest BCUT2D eigenvalue weighted by Crippen LogP contribution is -2.37. The molecule has 1 fully saturated rings. The lowest BCUT2D eigenvalue weighted by Gasteiger charge is -2.20. The maximum absolute atomic E-state index is 11.0. The van der Waals surface area contributed by atoms with Crippen LogP contribution in [0.2, 0.25) is 0 Å². The molecule has 4 atom stereocenters. The van der Waals surface area contributed by atoms with Crippen LogP contribution in [0, 0.1) is 0 Å². The molecule has 0 aliphatic carbocycles. The molecule has 1 aromatic carbocycles. The molecule has 1 heterocycles. The summed E-state index contributed by atoms with van der Waals surface area (Å²) < 4.78 is 16.6. The number of carbonyl (C=O) groups excluding carboxylic acids is 1. The fraction of sp³-hybridized carbons (Fsp3) is 0.471. The number of rotatable bonds is 7. The number of ether oxygens (including phenoxy) is 3. The van der Waals surface area contributed by atoms with Gasteiger partial charge < -0.3 is 19.3 Å². The highest BCUT2D eigenvalue weighted by molar-refractivity contribution is 5.65. The Morgan fingerprint density at radius 3 is 2.73 bits per heavy atom. The molecule has 0 amide bonds. The first-order valence-corrected chi connectivity index (χ1v) is 7.35. The van der Waals surface area contributed by atoms with Gasteiger partial charge in [0.25, 0.3) is 0 Å². The molecule has 0 radical (unpaired) electrons. The highest BCUT2D eigenvalue weighted by Gasteiger charge is 2.44. The summed E-state index contributed by atoms with van der Waals surface area (Å²) in [5, 5.41) is 10.4. The van der Waals surface area contributed by atoms with Gasteiger partial charge in [-0.3, -0.25) is 4.79 Å². The van der Waals surface area contributed by atoms with Crippen molar-refractivity contribution in [2.45, 2.75) is 44.4 Å². The predicted octanol–water partition coefficient (Wildman–Crippen LogP) is 1.84. The number of aliphatic hydroxyl groups excluding tert-OH is 1. The Balaban J connectivity index is 1.98. The first-order valence-electron chi connectivity index (χ1n) is 7.35. The molecule has 1 saturated heterocycles. The number of carbonyl (C=O) groups is 1. The van der Waals surface area contributed by atoms with Crippen LogP contribution in [0.5, 0.6) is 0 Å². The average Bonchev–Trinajstić information content (AvgIpc) is 2.80. The molecular weight excluding hydrogens is 284 g/mol. The summed E-state index contributed by atoms with van der Waals surface area (Å²) in [6.45, 7) is 5.43. The third-order valence-electron chi connectivity index (χ3n) is 3.57. The van der Waals surface area contributed by atoms with Gasteiger partial charge >= 0.3 is 5.97 Å². The quantitative estimate of drug-likeness (QED) is 0.615. The van der Waals surface area contributed by atoms with Crippen molar-refractivity contribution in [1.82, 2.24) is 0 Å². The Hall–Kier alpha value is -1.69. The van der Waals surface area contributed by atoms with Crippen LogP contribution < -0.4 is 0 Å². The zero-order valence-electron chi connectivity index (χ0n) is 12.7. The van der Waals surface area contributed by atoms with Crippen LogP contribution in [0.4, 0.5) is 0 Å². The number of hydrogen-bond donors (Lipinski definition) is 1. The first kappa shape index (κ1) is 16.7. The summed E-state index contributed by atoms with van der Waals surface area (Å²) in [6, 6.07) is 9.68. The molecule has 5 heteroatoms. The predicted molar refractivity (Wildman–Crippen MR) is 81.1 cm³/mol. The summed E-state index contributed by atoms with van der Waals surface area (Å²) in [4.78, 5) is 11.0. The second-order valence-corrected chi connectivity index (χ2v) is 5.29. The van der Waals surface area contributed by atoms with Crippen molar-refractivity contribution in [2.75, 3.05) is 6.61 Å². The van der Waals surface area contributed by atoms with E-state index in [1.165, 1.54) is 6.92 Å². The molecule has 0 aromatic heterocycles. The normalized spacial score (nSPS) is 27.5. The summed E-state index contributed by atoms with van der Waals surface area (Å²) in [5.74, 6) is -0.382. The lowest BCUT2D eigenvalue weighted by atomic mass is 10.1. The number of benzene rings is 1. The third-order valence-corrected chi connectivity index (χ3v) is 3.57. The highest BCUT2D eigenvalue weighted by Crippen LogP contribution is 2.27. The molecular formula is C17H22O5. The van der Waals surface area contributed by atoms with E-state index in [4.69, 9.17) is 14.2 Å². The second-order valence-electron chi connectivity index (χ2n) is 5.29. The monoisotopic (exact) mass is 306 g/mol. The van der Waals surface area contributed by atoms with Gasteiger partial charge in [0.2, 0.25) is 0 Å². The zero-order chi connectivity index (χ0) is 15.9. The van der Waals surface area contributed by atoms with Crippen molar-refractivity contribution in [2.24, 2.45) is 0 Å². The Kier molecular flexibility index (Phi) is 6.12. The fourth-order valence-corrected chi connectivity index (χ4v) is 2.48. The molecule has 22 heavy (non-hydrogen) atoms. The molecule has 120 valence electrons. The van der Waals surface area contributed by atoms with Gasteiger partial charge in [0.05, 0.1) is 12.7 Å². The Labute approximate surface area is 130 Å². The Morgan fingerprint density at radius 2 is 2.09 bits per heavy atom. The minimum Gasteiger partial charge on any atom is -0.463 e. The van der Waals surface area contributed by atoms with Gasteiger partial charge in [0.15, 0.2) is 0 Å². The van der Waals surface area contributed by atoms with E-state index in [1.54, 1.807) is 6.08 Å². The minimum absolute atomic E-state index is 0.0689. The Bertz CT molecular complexity index is 487. The van der Waals surface area contributed by atoms with Gasteiger partial charge in [0, 0.05) is 6.92 Å². The second kappa shape index (κ2) is 8.08. The van der Waals surface area contributed by atoms with E-state index >= 15 is 0 Å². The van der Waals surface area contributed by atoms with Crippen LogP contribution in [-0.2, 0) is 25.6 Å². The lowest BCUT2D eigenvalue weighted by molar-refractivity contribution is -0.147. The fourth-order valence-electron chi connectivity index (χ4n) is 2.48. The number of aliphatic hydroxyl groups is 1. The molecule has 1 aliphatic heterocycles. The van der Waals surface area contributed by atoms with Gasteiger partial charge in [-0.05, 0) is 12.0 Å². The summed E-state index contributed by atoms with van der Waals surface area (Å²) in [6.07, 6.45) is 0.0254. The average molecular weight is 306 g/mol. The van der Waals surface area contributed by atoms with Crippen molar-refractivity contribution in [3.05, 3.63) is 48.6 Å². The number of esters is 1. The summed E-state index contributed by atoms with van der Waals surface area (Å²) in [5.41, 5.74) is 1.01. The molecule has 0 bridgehead atoms. The van der Waals surface area contributed by atoms with E-state index in [0.29, 0.717) is 13.0 Å². The molecule has 0 spiro atoms. The van der Waals surface area contributed by atoms with Crippen molar-refractivity contribution < 1.29 is 24.1 Å². The molecule has 1 aliphatic rings. The van der Waals surface area contributed by atoms with Crippen LogP contribution in [0.25, 0.3) is 0 Å². The van der Waals surface area contributed by atoms with Gasteiger partial charge in [-0.15, -0.1) is 6.58 Å². The Morgan fingerprint density at radius 1 is 1.36 bits per heavy atom. The minimum atomic E-state index is -0.776. The number of hydrogen-bond acceptors (Lipinski definition) is 5. The first-order chi connectivity index (χ1) is 10.6. The largest absolute Gasteiger partial charge is 0.463 e. The van der Waals surface area contributed by atoms with Gasteiger partial charge in [-0.1, -0.05) is 36.4 Å². The maximum Gasteiger partial charge on any atom is 0.302 e.